The van der Waals surface area contributed by atoms with Crippen molar-refractivity contribution in [3.05, 3.63) is 0 Å². The lowest BCUT2D eigenvalue weighted by molar-refractivity contribution is -0.000628. The van der Waals surface area contributed by atoms with Crippen LogP contribution in [0.5, 0.6) is 0 Å². The predicted molar refractivity (Wildman–Crippen MR) is 59.9 cm³/mol. The first-order valence-corrected chi connectivity index (χ1v) is 5.45. The van der Waals surface area contributed by atoms with Crippen molar-refractivity contribution < 1.29 is 19.3 Å². The van der Waals surface area contributed by atoms with Crippen LogP contribution >= 0.6 is 12.2 Å². The minimum atomic E-state index is -0.157. The van der Waals surface area contributed by atoms with Crippen molar-refractivity contribution in [2.75, 3.05) is 20.3 Å². The van der Waals surface area contributed by atoms with Gasteiger partial charge in [-0.2, -0.15) is 0 Å². The molecule has 15 heavy (non-hydrogen) atoms. The van der Waals surface area contributed by atoms with Crippen molar-refractivity contribution in [3.8, 4) is 0 Å². The minimum absolute atomic E-state index is 0.0163. The van der Waals surface area contributed by atoms with Crippen LogP contribution in [0.3, 0.4) is 0 Å². The molecule has 1 saturated heterocycles. The molecule has 4 unspecified atom stereocenters. The zero-order valence-electron chi connectivity index (χ0n) is 9.30. The van der Waals surface area contributed by atoms with Gasteiger partial charge >= 0.3 is 0 Å². The molecule has 0 bridgehead atoms. The number of ether oxygens (including phenoxy) is 3. The van der Waals surface area contributed by atoms with E-state index in [0.29, 0.717) is 11.7 Å². The van der Waals surface area contributed by atoms with Crippen molar-refractivity contribution in [1.82, 2.24) is 0 Å². The van der Waals surface area contributed by atoms with Crippen molar-refractivity contribution in [3.63, 3.8) is 0 Å². The van der Waals surface area contributed by atoms with Crippen molar-refractivity contribution in [2.24, 2.45) is 5.92 Å². The van der Waals surface area contributed by atoms with E-state index in [1.807, 2.05) is 13.8 Å². The Labute approximate surface area is 95.5 Å². The summed E-state index contributed by atoms with van der Waals surface area (Å²) in [5, 5.41) is 9.51. The first-order chi connectivity index (χ1) is 7.10. The molecule has 0 aromatic heterocycles. The van der Waals surface area contributed by atoms with Crippen LogP contribution in [-0.2, 0) is 14.2 Å². The fourth-order valence-electron chi connectivity index (χ4n) is 1.83. The maximum Gasteiger partial charge on any atom is 0.186 e. The van der Waals surface area contributed by atoms with E-state index < -0.39 is 0 Å². The number of hydrogen-bond acceptors (Lipinski definition) is 5. The Kier molecular flexibility index (Phi) is 4.92. The zero-order chi connectivity index (χ0) is 11.4. The van der Waals surface area contributed by atoms with Gasteiger partial charge in [0.25, 0.3) is 0 Å². The molecule has 0 saturated carbocycles. The van der Waals surface area contributed by atoms with Gasteiger partial charge in [0.2, 0.25) is 0 Å². The summed E-state index contributed by atoms with van der Waals surface area (Å²) in [6, 6.07) is 0. The molecule has 0 amide bonds. The Morgan fingerprint density at radius 3 is 2.60 bits per heavy atom. The smallest absolute Gasteiger partial charge is 0.186 e. The Balaban J connectivity index is 2.50. The summed E-state index contributed by atoms with van der Waals surface area (Å²) in [4.78, 5) is 0. The molecule has 0 aromatic carbocycles. The van der Waals surface area contributed by atoms with Gasteiger partial charge in [0.1, 0.15) is 12.7 Å². The summed E-state index contributed by atoms with van der Waals surface area (Å²) in [7, 11) is 1.57. The summed E-state index contributed by atoms with van der Waals surface area (Å²) in [6.07, 6.45) is -0.299. The summed E-state index contributed by atoms with van der Waals surface area (Å²) in [5.41, 5.74) is 0. The number of rotatable bonds is 4. The van der Waals surface area contributed by atoms with Gasteiger partial charge in [-0.3, -0.25) is 0 Å². The molecule has 1 N–H and O–H groups in total. The van der Waals surface area contributed by atoms with E-state index in [9.17, 15) is 0 Å². The van der Waals surface area contributed by atoms with E-state index in [1.165, 1.54) is 0 Å². The molecule has 0 aromatic rings. The molecule has 1 fully saturated rings. The van der Waals surface area contributed by atoms with E-state index in [4.69, 9.17) is 31.5 Å². The van der Waals surface area contributed by atoms with Crippen LogP contribution in [0, 0.1) is 5.92 Å². The lowest BCUT2D eigenvalue weighted by Crippen LogP contribution is -2.31. The number of methoxy groups -OCH3 is 1. The third kappa shape index (κ3) is 3.11. The first-order valence-electron chi connectivity index (χ1n) is 5.05. The SMILES string of the molecule is COCC(=S)OC1C(C)OC(CO)C1C. The highest BCUT2D eigenvalue weighted by atomic mass is 32.1. The van der Waals surface area contributed by atoms with E-state index in [0.717, 1.165) is 0 Å². The molecule has 0 spiro atoms. The molecule has 1 heterocycles. The predicted octanol–water partition coefficient (Wildman–Crippen LogP) is 0.761. The quantitative estimate of drug-likeness (QED) is 0.728. The topological polar surface area (TPSA) is 47.9 Å². The average Bonchev–Trinajstić information content (AvgIpc) is 2.45. The standard InChI is InChI=1S/C10H18O4S/c1-6-8(4-11)13-7(2)10(6)14-9(15)5-12-3/h6-8,10-11H,4-5H2,1-3H3. The Morgan fingerprint density at radius 1 is 1.47 bits per heavy atom. The third-order valence-electron chi connectivity index (χ3n) is 2.67. The van der Waals surface area contributed by atoms with Crippen molar-refractivity contribution >= 4 is 17.3 Å². The fourth-order valence-corrected chi connectivity index (χ4v) is 2.06. The number of aliphatic hydroxyl groups is 1. The normalized spacial score (nSPS) is 35.5. The first kappa shape index (κ1) is 12.8. The molecule has 4 nitrogen and oxygen atoms in total. The van der Waals surface area contributed by atoms with Crippen molar-refractivity contribution in [1.29, 1.82) is 0 Å². The van der Waals surface area contributed by atoms with Gasteiger partial charge in [0.15, 0.2) is 5.05 Å². The fraction of sp³-hybridized carbons (Fsp3) is 0.900. The Morgan fingerprint density at radius 2 is 2.13 bits per heavy atom. The third-order valence-corrected chi connectivity index (χ3v) is 2.88. The van der Waals surface area contributed by atoms with E-state index in [1.54, 1.807) is 7.11 Å². The van der Waals surface area contributed by atoms with Crippen LogP contribution < -0.4 is 0 Å². The molecule has 1 rings (SSSR count). The second-order valence-corrected chi connectivity index (χ2v) is 4.26. The van der Waals surface area contributed by atoms with E-state index >= 15 is 0 Å². The van der Waals surface area contributed by atoms with Crippen LogP contribution in [0.1, 0.15) is 13.8 Å². The van der Waals surface area contributed by atoms with Crippen molar-refractivity contribution in [2.45, 2.75) is 32.2 Å². The van der Waals surface area contributed by atoms with Crippen LogP contribution in [0.25, 0.3) is 0 Å². The van der Waals surface area contributed by atoms with Crippen LogP contribution in [0.4, 0.5) is 0 Å². The van der Waals surface area contributed by atoms with E-state index in [-0.39, 0.29) is 30.8 Å². The van der Waals surface area contributed by atoms with E-state index in [2.05, 4.69) is 0 Å². The van der Waals surface area contributed by atoms with Crippen LogP contribution in [-0.4, -0.2) is 48.8 Å². The molecule has 0 aliphatic carbocycles. The molecule has 1 aliphatic rings. The molecule has 88 valence electrons. The second kappa shape index (κ2) is 5.75. The average molecular weight is 234 g/mol. The molecular weight excluding hydrogens is 216 g/mol. The summed E-state index contributed by atoms with van der Waals surface area (Å²) in [5.74, 6) is 0.139. The highest BCUT2D eigenvalue weighted by Crippen LogP contribution is 2.29. The number of thiocarbonyl (C=S) groups is 1. The summed E-state index contributed by atoms with van der Waals surface area (Å²) < 4.78 is 16.0. The summed E-state index contributed by atoms with van der Waals surface area (Å²) in [6.45, 7) is 4.24. The summed E-state index contributed by atoms with van der Waals surface area (Å²) >= 11 is 5.01. The molecule has 4 atom stereocenters. The second-order valence-electron chi connectivity index (χ2n) is 3.81. The molecule has 5 heteroatoms. The molecule has 0 radical (unpaired) electrons. The van der Waals surface area contributed by atoms with Gasteiger partial charge in [-0.1, -0.05) is 6.92 Å². The molecule has 1 aliphatic heterocycles. The van der Waals surface area contributed by atoms with Gasteiger partial charge in [-0.15, -0.1) is 0 Å². The van der Waals surface area contributed by atoms with Gasteiger partial charge in [-0.25, -0.2) is 0 Å². The lowest BCUT2D eigenvalue weighted by Gasteiger charge is -2.20. The number of hydrogen-bond donors (Lipinski definition) is 1. The monoisotopic (exact) mass is 234 g/mol. The maximum absolute atomic E-state index is 9.07. The van der Waals surface area contributed by atoms with Gasteiger partial charge in [0, 0.05) is 13.0 Å². The highest BCUT2D eigenvalue weighted by molar-refractivity contribution is 7.80. The maximum atomic E-state index is 9.07. The molecular formula is C10H18O4S. The highest BCUT2D eigenvalue weighted by Gasteiger charge is 2.40. The Hall–Kier alpha value is -0.230. The largest absolute Gasteiger partial charge is 0.478 e. The zero-order valence-corrected chi connectivity index (χ0v) is 10.1. The van der Waals surface area contributed by atoms with Crippen LogP contribution in [0.15, 0.2) is 0 Å². The van der Waals surface area contributed by atoms with Gasteiger partial charge in [-0.05, 0) is 19.1 Å². The minimum Gasteiger partial charge on any atom is -0.478 e. The Bertz CT molecular complexity index is 221. The number of aliphatic hydroxyl groups excluding tert-OH is 1. The van der Waals surface area contributed by atoms with Gasteiger partial charge < -0.3 is 19.3 Å². The lowest BCUT2D eigenvalue weighted by atomic mass is 9.99. The van der Waals surface area contributed by atoms with Crippen LogP contribution in [0.2, 0.25) is 0 Å². The van der Waals surface area contributed by atoms with Gasteiger partial charge in [0.05, 0.1) is 18.8 Å².